The van der Waals surface area contributed by atoms with E-state index in [1.54, 1.807) is 13.0 Å². The van der Waals surface area contributed by atoms with Gasteiger partial charge in [-0.15, -0.1) is 0 Å². The lowest BCUT2D eigenvalue weighted by molar-refractivity contribution is -0.0760. The number of rotatable bonds is 2. The summed E-state index contributed by atoms with van der Waals surface area (Å²) < 4.78 is 14.1. The van der Waals surface area contributed by atoms with Gasteiger partial charge in [-0.3, -0.25) is 9.63 Å². The Morgan fingerprint density at radius 2 is 2.13 bits per heavy atom. The third kappa shape index (κ3) is 2.54. The Hall–Kier alpha value is -0.940. The smallest absolute Gasteiger partial charge is 0.274 e. The number of hydrogen-bond acceptors (Lipinski definition) is 2. The molecular weight excluding hydrogens is 265 g/mol. The fourth-order valence-corrected chi connectivity index (χ4v) is 1.76. The van der Waals surface area contributed by atoms with Gasteiger partial charge in [-0.2, -0.15) is 0 Å². The molecule has 1 amide bonds. The molecule has 0 aromatic heterocycles. The first-order valence-corrected chi connectivity index (χ1v) is 5.04. The third-order valence-electron chi connectivity index (χ3n) is 2.03. The number of hydroxylamine groups is 2. The maximum atomic E-state index is 13.5. The SMILES string of the molecule is CON(C)C(=O)c1c(C)cc(Br)cc1F. The van der Waals surface area contributed by atoms with Gasteiger partial charge in [0.05, 0.1) is 12.7 Å². The Kier molecular flexibility index (Phi) is 3.82. The van der Waals surface area contributed by atoms with Gasteiger partial charge in [0.2, 0.25) is 0 Å². The van der Waals surface area contributed by atoms with Crippen LogP contribution in [-0.2, 0) is 4.84 Å². The molecule has 0 atom stereocenters. The van der Waals surface area contributed by atoms with Crippen LogP contribution in [0, 0.1) is 12.7 Å². The van der Waals surface area contributed by atoms with Gasteiger partial charge in [0, 0.05) is 11.5 Å². The molecule has 0 N–H and O–H groups in total. The van der Waals surface area contributed by atoms with E-state index in [9.17, 15) is 9.18 Å². The predicted molar refractivity (Wildman–Crippen MR) is 57.9 cm³/mol. The van der Waals surface area contributed by atoms with E-state index in [0.717, 1.165) is 5.06 Å². The molecule has 0 unspecified atom stereocenters. The van der Waals surface area contributed by atoms with Gasteiger partial charge in [0.15, 0.2) is 0 Å². The van der Waals surface area contributed by atoms with Crippen LogP contribution < -0.4 is 0 Å². The zero-order valence-corrected chi connectivity index (χ0v) is 10.3. The molecule has 0 aliphatic heterocycles. The Bertz CT molecular complexity index is 372. The molecule has 0 saturated heterocycles. The molecule has 1 aromatic carbocycles. The lowest BCUT2D eigenvalue weighted by Gasteiger charge is -2.15. The maximum Gasteiger partial charge on any atom is 0.280 e. The summed E-state index contributed by atoms with van der Waals surface area (Å²) in [5.41, 5.74) is 0.596. The largest absolute Gasteiger partial charge is 0.280 e. The van der Waals surface area contributed by atoms with E-state index in [1.807, 2.05) is 0 Å². The summed E-state index contributed by atoms with van der Waals surface area (Å²) in [6.07, 6.45) is 0. The van der Waals surface area contributed by atoms with Gasteiger partial charge in [0.25, 0.3) is 5.91 Å². The predicted octanol–water partition coefficient (Wildman–Crippen LogP) is 2.53. The summed E-state index contributed by atoms with van der Waals surface area (Å²) in [5, 5.41) is 0.985. The van der Waals surface area contributed by atoms with Crippen LogP contribution in [0.15, 0.2) is 16.6 Å². The van der Waals surface area contributed by atoms with E-state index in [-0.39, 0.29) is 5.56 Å². The van der Waals surface area contributed by atoms with Crippen molar-refractivity contribution in [3.05, 3.63) is 33.5 Å². The van der Waals surface area contributed by atoms with Gasteiger partial charge in [-0.25, -0.2) is 9.45 Å². The van der Waals surface area contributed by atoms with Crippen molar-refractivity contribution >= 4 is 21.8 Å². The van der Waals surface area contributed by atoms with Crippen molar-refractivity contribution < 1.29 is 14.0 Å². The minimum atomic E-state index is -0.559. The molecule has 0 bridgehead atoms. The van der Waals surface area contributed by atoms with E-state index in [2.05, 4.69) is 15.9 Å². The van der Waals surface area contributed by atoms with Gasteiger partial charge in [-0.05, 0) is 24.6 Å². The highest BCUT2D eigenvalue weighted by molar-refractivity contribution is 9.10. The van der Waals surface area contributed by atoms with Gasteiger partial charge < -0.3 is 0 Å². The van der Waals surface area contributed by atoms with Crippen LogP contribution in [0.25, 0.3) is 0 Å². The fourth-order valence-electron chi connectivity index (χ4n) is 1.21. The molecule has 0 spiro atoms. The molecule has 1 rings (SSSR count). The minimum Gasteiger partial charge on any atom is -0.274 e. The van der Waals surface area contributed by atoms with Crippen molar-refractivity contribution in [2.24, 2.45) is 0 Å². The molecule has 15 heavy (non-hydrogen) atoms. The number of carbonyl (C=O) groups excluding carboxylic acids is 1. The average Bonchev–Trinajstić information content (AvgIpc) is 2.14. The molecule has 5 heteroatoms. The van der Waals surface area contributed by atoms with E-state index < -0.39 is 11.7 Å². The Morgan fingerprint density at radius 3 is 2.60 bits per heavy atom. The first kappa shape index (κ1) is 12.1. The summed E-state index contributed by atoms with van der Waals surface area (Å²) in [5.74, 6) is -1.06. The zero-order valence-electron chi connectivity index (χ0n) is 8.67. The van der Waals surface area contributed by atoms with Crippen LogP contribution in [-0.4, -0.2) is 25.1 Å². The second kappa shape index (κ2) is 4.72. The summed E-state index contributed by atoms with van der Waals surface area (Å²) in [6.45, 7) is 1.67. The molecule has 82 valence electrons. The summed E-state index contributed by atoms with van der Waals surface area (Å²) in [7, 11) is 2.78. The van der Waals surface area contributed by atoms with Crippen molar-refractivity contribution in [3.8, 4) is 0 Å². The third-order valence-corrected chi connectivity index (χ3v) is 2.48. The monoisotopic (exact) mass is 275 g/mol. The quantitative estimate of drug-likeness (QED) is 0.777. The summed E-state index contributed by atoms with van der Waals surface area (Å²) in [4.78, 5) is 16.4. The number of halogens is 2. The molecule has 0 fully saturated rings. The zero-order chi connectivity index (χ0) is 11.6. The van der Waals surface area contributed by atoms with Crippen molar-refractivity contribution in [2.75, 3.05) is 14.2 Å². The Labute approximate surface area is 95.9 Å². The average molecular weight is 276 g/mol. The minimum absolute atomic E-state index is 0.0301. The summed E-state index contributed by atoms with van der Waals surface area (Å²) >= 11 is 3.15. The molecule has 0 aliphatic carbocycles. The second-order valence-corrected chi connectivity index (χ2v) is 3.98. The fraction of sp³-hybridized carbons (Fsp3) is 0.300. The van der Waals surface area contributed by atoms with Crippen LogP contribution in [0.2, 0.25) is 0 Å². The van der Waals surface area contributed by atoms with Gasteiger partial charge in [0.1, 0.15) is 5.82 Å². The molecule has 0 aliphatic rings. The second-order valence-electron chi connectivity index (χ2n) is 3.06. The number of hydrogen-bond donors (Lipinski definition) is 0. The normalized spacial score (nSPS) is 10.2. The first-order chi connectivity index (χ1) is 6.97. The summed E-state index contributed by atoms with van der Waals surface area (Å²) in [6, 6.07) is 2.93. The van der Waals surface area contributed by atoms with Crippen molar-refractivity contribution in [3.63, 3.8) is 0 Å². The highest BCUT2D eigenvalue weighted by Crippen LogP contribution is 2.21. The Morgan fingerprint density at radius 1 is 1.53 bits per heavy atom. The molecule has 0 saturated carbocycles. The lowest BCUT2D eigenvalue weighted by atomic mass is 10.1. The standard InChI is InChI=1S/C10H11BrFNO2/c1-6-4-7(11)5-8(12)9(6)10(14)13(2)15-3/h4-5H,1-3H3. The highest BCUT2D eigenvalue weighted by atomic mass is 79.9. The van der Waals surface area contributed by atoms with Crippen molar-refractivity contribution in [1.29, 1.82) is 0 Å². The lowest BCUT2D eigenvalue weighted by Crippen LogP contribution is -2.27. The van der Waals surface area contributed by atoms with E-state index in [4.69, 9.17) is 4.84 Å². The van der Waals surface area contributed by atoms with Crippen LogP contribution >= 0.6 is 15.9 Å². The number of benzene rings is 1. The molecule has 1 aromatic rings. The van der Waals surface area contributed by atoms with Crippen LogP contribution in [0.3, 0.4) is 0 Å². The molecular formula is C10H11BrFNO2. The highest BCUT2D eigenvalue weighted by Gasteiger charge is 2.19. The Balaban J connectivity index is 3.20. The number of nitrogens with zero attached hydrogens (tertiary/aromatic N) is 1. The van der Waals surface area contributed by atoms with Gasteiger partial charge >= 0.3 is 0 Å². The number of carbonyl (C=O) groups is 1. The number of amides is 1. The molecule has 3 nitrogen and oxygen atoms in total. The molecule has 0 radical (unpaired) electrons. The maximum absolute atomic E-state index is 13.5. The van der Waals surface area contributed by atoms with Crippen LogP contribution in [0.1, 0.15) is 15.9 Å². The molecule has 0 heterocycles. The van der Waals surface area contributed by atoms with Crippen molar-refractivity contribution in [1.82, 2.24) is 5.06 Å². The van der Waals surface area contributed by atoms with Gasteiger partial charge in [-0.1, -0.05) is 15.9 Å². The van der Waals surface area contributed by atoms with Crippen LogP contribution in [0.5, 0.6) is 0 Å². The number of aryl methyl sites for hydroxylation is 1. The topological polar surface area (TPSA) is 29.5 Å². The van der Waals surface area contributed by atoms with Crippen LogP contribution in [0.4, 0.5) is 4.39 Å². The first-order valence-electron chi connectivity index (χ1n) is 4.25. The van der Waals surface area contributed by atoms with E-state index in [0.29, 0.717) is 10.0 Å². The van der Waals surface area contributed by atoms with E-state index in [1.165, 1.54) is 20.2 Å². The van der Waals surface area contributed by atoms with Crippen molar-refractivity contribution in [2.45, 2.75) is 6.92 Å². The van der Waals surface area contributed by atoms with E-state index >= 15 is 0 Å².